The molecule has 0 saturated heterocycles. The Hall–Kier alpha value is -3.82. The van der Waals surface area contributed by atoms with E-state index in [1.54, 1.807) is 48.5 Å². The van der Waals surface area contributed by atoms with E-state index in [2.05, 4.69) is 5.32 Å². The van der Waals surface area contributed by atoms with Gasteiger partial charge in [0, 0.05) is 11.6 Å². The van der Waals surface area contributed by atoms with Crippen LogP contribution >= 0.6 is 11.6 Å². The quantitative estimate of drug-likeness (QED) is 0.368. The minimum Gasteiger partial charge on any atom is -0.465 e. The Bertz CT molecular complexity index is 1140. The van der Waals surface area contributed by atoms with Gasteiger partial charge in [-0.15, -0.1) is 0 Å². The number of nitriles is 1. The van der Waals surface area contributed by atoms with E-state index in [-0.39, 0.29) is 16.8 Å². The highest BCUT2D eigenvalue weighted by molar-refractivity contribution is 6.33. The number of furan rings is 1. The molecular formula is C22H15ClN2O4. The second kappa shape index (κ2) is 8.91. The second-order valence-corrected chi connectivity index (χ2v) is 6.25. The van der Waals surface area contributed by atoms with Crippen LogP contribution in [-0.4, -0.2) is 19.0 Å². The van der Waals surface area contributed by atoms with Crippen molar-refractivity contribution in [3.8, 4) is 17.4 Å². The van der Waals surface area contributed by atoms with Crippen LogP contribution in [0.3, 0.4) is 0 Å². The summed E-state index contributed by atoms with van der Waals surface area (Å²) in [5.74, 6) is -0.457. The zero-order valence-corrected chi connectivity index (χ0v) is 16.1. The van der Waals surface area contributed by atoms with Gasteiger partial charge in [-0.1, -0.05) is 35.9 Å². The summed E-state index contributed by atoms with van der Waals surface area (Å²) in [6.07, 6.45) is 1.32. The van der Waals surface area contributed by atoms with Crippen LogP contribution in [0.1, 0.15) is 16.1 Å². The van der Waals surface area contributed by atoms with E-state index >= 15 is 0 Å². The van der Waals surface area contributed by atoms with Crippen LogP contribution < -0.4 is 5.32 Å². The third-order valence-corrected chi connectivity index (χ3v) is 4.33. The van der Waals surface area contributed by atoms with Crippen LogP contribution in [0.25, 0.3) is 17.4 Å². The van der Waals surface area contributed by atoms with Crippen LogP contribution in [0.5, 0.6) is 0 Å². The highest BCUT2D eigenvalue weighted by Gasteiger charge is 2.16. The van der Waals surface area contributed by atoms with Gasteiger partial charge >= 0.3 is 5.97 Å². The SMILES string of the molecule is COC(=O)c1ccccc1NC(=O)/C(C#N)=C/c1ccc(-c2ccccc2Cl)o1. The van der Waals surface area contributed by atoms with Crippen LogP contribution in [0, 0.1) is 11.3 Å². The van der Waals surface area contributed by atoms with Crippen molar-refractivity contribution >= 4 is 35.2 Å². The van der Waals surface area contributed by atoms with Gasteiger partial charge in [0.05, 0.1) is 23.4 Å². The maximum atomic E-state index is 12.5. The van der Waals surface area contributed by atoms with Crippen LogP contribution in [0.15, 0.2) is 70.7 Å². The first-order valence-electron chi connectivity index (χ1n) is 8.48. The highest BCUT2D eigenvalue weighted by atomic mass is 35.5. The first-order valence-corrected chi connectivity index (χ1v) is 8.86. The lowest BCUT2D eigenvalue weighted by atomic mass is 10.1. The van der Waals surface area contributed by atoms with E-state index in [9.17, 15) is 14.9 Å². The van der Waals surface area contributed by atoms with Crippen LogP contribution in [-0.2, 0) is 9.53 Å². The first-order chi connectivity index (χ1) is 14.0. The van der Waals surface area contributed by atoms with E-state index in [0.717, 1.165) is 0 Å². The number of hydrogen-bond acceptors (Lipinski definition) is 5. The molecule has 0 bridgehead atoms. The maximum absolute atomic E-state index is 12.5. The molecule has 1 N–H and O–H groups in total. The average molecular weight is 407 g/mol. The number of ether oxygens (including phenoxy) is 1. The smallest absolute Gasteiger partial charge is 0.339 e. The van der Waals surface area contributed by atoms with Crippen molar-refractivity contribution < 1.29 is 18.7 Å². The molecule has 7 heteroatoms. The first kappa shape index (κ1) is 19.9. The van der Waals surface area contributed by atoms with Gasteiger partial charge in [0.2, 0.25) is 0 Å². The number of anilines is 1. The number of amides is 1. The highest BCUT2D eigenvalue weighted by Crippen LogP contribution is 2.29. The monoisotopic (exact) mass is 406 g/mol. The summed E-state index contributed by atoms with van der Waals surface area (Å²) in [7, 11) is 1.25. The van der Waals surface area contributed by atoms with Crippen molar-refractivity contribution in [3.05, 3.63) is 82.6 Å². The van der Waals surface area contributed by atoms with E-state index in [1.165, 1.54) is 19.3 Å². The number of methoxy groups -OCH3 is 1. The molecule has 1 amide bonds. The Kier molecular flexibility index (Phi) is 6.12. The number of carbonyl (C=O) groups excluding carboxylic acids is 2. The largest absolute Gasteiger partial charge is 0.465 e. The number of nitrogens with one attached hydrogen (secondary N) is 1. The molecule has 0 unspecified atom stereocenters. The summed E-state index contributed by atoms with van der Waals surface area (Å²) in [5.41, 5.74) is 0.926. The van der Waals surface area contributed by atoms with E-state index in [1.807, 2.05) is 12.1 Å². The summed E-state index contributed by atoms with van der Waals surface area (Å²) in [6, 6.07) is 18.7. The van der Waals surface area contributed by atoms with Crippen molar-refractivity contribution in [1.29, 1.82) is 5.26 Å². The molecule has 0 radical (unpaired) electrons. The molecular weight excluding hydrogens is 392 g/mol. The molecule has 0 aliphatic rings. The molecule has 0 fully saturated rings. The summed E-state index contributed by atoms with van der Waals surface area (Å²) >= 11 is 6.16. The van der Waals surface area contributed by atoms with Crippen LogP contribution in [0.2, 0.25) is 5.02 Å². The molecule has 1 heterocycles. The lowest BCUT2D eigenvalue weighted by Gasteiger charge is -2.08. The fourth-order valence-corrected chi connectivity index (χ4v) is 2.83. The lowest BCUT2D eigenvalue weighted by molar-refractivity contribution is -0.112. The van der Waals surface area contributed by atoms with Gasteiger partial charge in [-0.25, -0.2) is 4.79 Å². The number of carbonyl (C=O) groups is 2. The Morgan fingerprint density at radius 3 is 2.55 bits per heavy atom. The van der Waals surface area contributed by atoms with Gasteiger partial charge in [-0.2, -0.15) is 5.26 Å². The average Bonchev–Trinajstić information content (AvgIpc) is 3.20. The van der Waals surface area contributed by atoms with Crippen molar-refractivity contribution in [1.82, 2.24) is 0 Å². The number of para-hydroxylation sites is 1. The van der Waals surface area contributed by atoms with Crippen molar-refractivity contribution in [2.24, 2.45) is 0 Å². The standard InChI is InChI=1S/C22H15ClN2O4/c1-28-22(27)17-7-3-5-9-19(17)25-21(26)14(13-24)12-15-10-11-20(29-15)16-6-2-4-8-18(16)23/h2-12H,1H3,(H,25,26)/b14-12+. The molecule has 0 aliphatic carbocycles. The summed E-state index contributed by atoms with van der Waals surface area (Å²) in [6.45, 7) is 0. The van der Waals surface area contributed by atoms with Gasteiger partial charge in [0.25, 0.3) is 5.91 Å². The number of hydrogen-bond donors (Lipinski definition) is 1. The topological polar surface area (TPSA) is 92.3 Å². The maximum Gasteiger partial charge on any atom is 0.339 e. The molecule has 29 heavy (non-hydrogen) atoms. The van der Waals surface area contributed by atoms with Crippen molar-refractivity contribution in [3.63, 3.8) is 0 Å². The molecule has 3 aromatic rings. The van der Waals surface area contributed by atoms with Gasteiger partial charge < -0.3 is 14.5 Å². The van der Waals surface area contributed by atoms with E-state index in [4.69, 9.17) is 20.8 Å². The minimum atomic E-state index is -0.681. The lowest BCUT2D eigenvalue weighted by Crippen LogP contribution is -2.16. The second-order valence-electron chi connectivity index (χ2n) is 5.84. The van der Waals surface area contributed by atoms with E-state index in [0.29, 0.717) is 22.1 Å². The van der Waals surface area contributed by atoms with Gasteiger partial charge in [0.1, 0.15) is 23.2 Å². The normalized spacial score (nSPS) is 10.9. The predicted molar refractivity (Wildman–Crippen MR) is 109 cm³/mol. The Balaban J connectivity index is 1.85. The molecule has 0 spiro atoms. The zero-order valence-electron chi connectivity index (χ0n) is 15.3. The number of esters is 1. The predicted octanol–water partition coefficient (Wildman–Crippen LogP) is 4.93. The fraction of sp³-hybridized carbons (Fsp3) is 0.0455. The summed E-state index contributed by atoms with van der Waals surface area (Å²) in [5, 5.41) is 12.5. The molecule has 0 saturated carbocycles. The van der Waals surface area contributed by atoms with Gasteiger partial charge in [0.15, 0.2) is 0 Å². The zero-order chi connectivity index (χ0) is 20.8. The molecule has 6 nitrogen and oxygen atoms in total. The molecule has 144 valence electrons. The van der Waals surface area contributed by atoms with Crippen molar-refractivity contribution in [2.45, 2.75) is 0 Å². The Morgan fingerprint density at radius 1 is 1.10 bits per heavy atom. The van der Waals surface area contributed by atoms with E-state index < -0.39 is 11.9 Å². The number of halogens is 1. The third kappa shape index (κ3) is 4.54. The Morgan fingerprint density at radius 2 is 1.83 bits per heavy atom. The Labute approximate surface area is 172 Å². The summed E-state index contributed by atoms with van der Waals surface area (Å²) < 4.78 is 10.4. The molecule has 1 aromatic heterocycles. The number of benzene rings is 2. The van der Waals surface area contributed by atoms with Crippen LogP contribution in [0.4, 0.5) is 5.69 Å². The number of rotatable bonds is 5. The van der Waals surface area contributed by atoms with Crippen molar-refractivity contribution in [2.75, 3.05) is 12.4 Å². The number of nitrogens with zero attached hydrogens (tertiary/aromatic N) is 1. The molecule has 3 rings (SSSR count). The molecule has 0 atom stereocenters. The summed E-state index contributed by atoms with van der Waals surface area (Å²) in [4.78, 5) is 24.4. The fourth-order valence-electron chi connectivity index (χ4n) is 2.60. The van der Waals surface area contributed by atoms with Gasteiger partial charge in [-0.05, 0) is 36.4 Å². The third-order valence-electron chi connectivity index (χ3n) is 4.00. The van der Waals surface area contributed by atoms with Gasteiger partial charge in [-0.3, -0.25) is 4.79 Å². The minimum absolute atomic E-state index is 0.180. The molecule has 2 aromatic carbocycles. The molecule has 0 aliphatic heterocycles.